The zero-order chi connectivity index (χ0) is 19.3. The van der Waals surface area contributed by atoms with Gasteiger partial charge in [-0.15, -0.1) is 11.3 Å². The molecule has 1 N–H and O–H groups in total. The molecule has 0 unspecified atom stereocenters. The number of hydrogen-bond donors (Lipinski definition) is 1. The lowest BCUT2D eigenvalue weighted by molar-refractivity contribution is -0.142. The number of carbonyl (C=O) groups excluding carboxylic acids is 2. The first-order chi connectivity index (χ1) is 12.8. The topological polar surface area (TPSA) is 66.1 Å². The lowest BCUT2D eigenvalue weighted by Gasteiger charge is -2.26. The maximum Gasteiger partial charge on any atom is 0.435 e. The van der Waals surface area contributed by atoms with Crippen molar-refractivity contribution >= 4 is 33.1 Å². The van der Waals surface area contributed by atoms with Crippen LogP contribution in [0.5, 0.6) is 0 Å². The standard InChI is InChI=1S/C18H14F3N3O2S/c1-9-10-4-2-3-5-13(10)27-15(9)14(25)17(26)24-7-6-12-11(8-24)16(23-22-12)18(19,20)21/h2-5H,6-8H2,1H3,(H,22,23). The molecule has 27 heavy (non-hydrogen) atoms. The highest BCUT2D eigenvalue weighted by atomic mass is 32.1. The molecule has 3 aromatic rings. The molecule has 1 aliphatic heterocycles. The molecule has 3 heterocycles. The molecule has 0 radical (unpaired) electrons. The monoisotopic (exact) mass is 393 g/mol. The first kappa shape index (κ1) is 17.7. The number of fused-ring (bicyclic) bond motifs is 2. The molecular weight excluding hydrogens is 379 g/mol. The molecule has 0 bridgehead atoms. The average Bonchev–Trinajstić information content (AvgIpc) is 3.21. The van der Waals surface area contributed by atoms with E-state index in [0.29, 0.717) is 16.1 Å². The number of carbonyl (C=O) groups is 2. The summed E-state index contributed by atoms with van der Waals surface area (Å²) in [5.41, 5.74) is -0.0220. The fraction of sp³-hybridized carbons (Fsp3) is 0.278. The van der Waals surface area contributed by atoms with Gasteiger partial charge in [-0.25, -0.2) is 0 Å². The molecule has 9 heteroatoms. The van der Waals surface area contributed by atoms with Gasteiger partial charge in [-0.1, -0.05) is 18.2 Å². The van der Waals surface area contributed by atoms with Gasteiger partial charge in [-0.2, -0.15) is 18.3 Å². The third-order valence-corrected chi connectivity index (χ3v) is 6.00. The van der Waals surface area contributed by atoms with Gasteiger partial charge in [0, 0.05) is 28.9 Å². The first-order valence-electron chi connectivity index (χ1n) is 8.22. The van der Waals surface area contributed by atoms with Gasteiger partial charge in [0.15, 0.2) is 5.69 Å². The normalized spacial score (nSPS) is 14.4. The minimum absolute atomic E-state index is 0.0667. The van der Waals surface area contributed by atoms with E-state index < -0.39 is 23.6 Å². The van der Waals surface area contributed by atoms with Gasteiger partial charge < -0.3 is 4.90 Å². The third-order valence-electron chi connectivity index (χ3n) is 4.73. The second kappa shape index (κ2) is 6.19. The quantitative estimate of drug-likeness (QED) is 0.533. The predicted molar refractivity (Wildman–Crippen MR) is 93.6 cm³/mol. The number of aromatic amines is 1. The Balaban J connectivity index is 1.63. The van der Waals surface area contributed by atoms with Gasteiger partial charge in [0.1, 0.15) is 0 Å². The molecule has 1 aromatic carbocycles. The number of Topliss-reactive ketones (excluding diaryl/α,β-unsaturated/α-hetero) is 1. The van der Waals surface area contributed by atoms with Crippen LogP contribution >= 0.6 is 11.3 Å². The maximum absolute atomic E-state index is 13.1. The molecule has 0 spiro atoms. The van der Waals surface area contributed by atoms with Gasteiger partial charge >= 0.3 is 6.18 Å². The Hall–Kier alpha value is -2.68. The zero-order valence-corrected chi connectivity index (χ0v) is 15.0. The van der Waals surface area contributed by atoms with Gasteiger partial charge in [0.25, 0.3) is 11.7 Å². The fourth-order valence-electron chi connectivity index (χ4n) is 3.33. The van der Waals surface area contributed by atoms with Crippen molar-refractivity contribution in [3.63, 3.8) is 0 Å². The van der Waals surface area contributed by atoms with E-state index in [9.17, 15) is 22.8 Å². The largest absolute Gasteiger partial charge is 0.435 e. The molecule has 2 aromatic heterocycles. The van der Waals surface area contributed by atoms with Crippen LogP contribution in [0.25, 0.3) is 10.1 Å². The molecule has 5 nitrogen and oxygen atoms in total. The molecular formula is C18H14F3N3O2S. The number of rotatable bonds is 2. The Morgan fingerprint density at radius 2 is 2.00 bits per heavy atom. The van der Waals surface area contributed by atoms with Crippen molar-refractivity contribution in [3.05, 3.63) is 51.7 Å². The Kier molecular flexibility index (Phi) is 4.06. The van der Waals surface area contributed by atoms with E-state index in [1.54, 1.807) is 6.92 Å². The van der Waals surface area contributed by atoms with Crippen molar-refractivity contribution < 1.29 is 22.8 Å². The van der Waals surface area contributed by atoms with Gasteiger partial charge in [0.05, 0.1) is 11.4 Å². The molecule has 0 aliphatic carbocycles. The van der Waals surface area contributed by atoms with Crippen LogP contribution in [0.15, 0.2) is 24.3 Å². The number of alkyl halides is 3. The number of benzene rings is 1. The summed E-state index contributed by atoms with van der Waals surface area (Å²) in [6, 6.07) is 7.43. The second-order valence-electron chi connectivity index (χ2n) is 6.39. The van der Waals surface area contributed by atoms with Crippen LogP contribution in [-0.4, -0.2) is 33.3 Å². The summed E-state index contributed by atoms with van der Waals surface area (Å²) in [6.07, 6.45) is -4.41. The van der Waals surface area contributed by atoms with Crippen LogP contribution < -0.4 is 0 Å². The molecule has 0 saturated heterocycles. The van der Waals surface area contributed by atoms with Crippen molar-refractivity contribution in [3.8, 4) is 0 Å². The fourth-order valence-corrected chi connectivity index (χ4v) is 4.48. The average molecular weight is 393 g/mol. The van der Waals surface area contributed by atoms with Gasteiger partial charge in [-0.05, 0) is 23.9 Å². The summed E-state index contributed by atoms with van der Waals surface area (Å²) in [5, 5.41) is 6.62. The van der Waals surface area contributed by atoms with Crippen LogP contribution in [0.1, 0.15) is 32.2 Å². The highest BCUT2D eigenvalue weighted by Crippen LogP contribution is 2.35. The highest BCUT2D eigenvalue weighted by molar-refractivity contribution is 7.21. The molecule has 1 aliphatic rings. The molecule has 0 fully saturated rings. The summed E-state index contributed by atoms with van der Waals surface area (Å²) in [6.45, 7) is 1.65. The van der Waals surface area contributed by atoms with Crippen molar-refractivity contribution in [1.82, 2.24) is 15.1 Å². The summed E-state index contributed by atoms with van der Waals surface area (Å²) in [4.78, 5) is 26.9. The number of aryl methyl sites for hydroxylation is 1. The molecule has 140 valence electrons. The summed E-state index contributed by atoms with van der Waals surface area (Å²) in [5.74, 6) is -1.47. The van der Waals surface area contributed by atoms with Gasteiger partial charge in [0.2, 0.25) is 0 Å². The number of thiophene rings is 1. The van der Waals surface area contributed by atoms with Crippen LogP contribution in [-0.2, 0) is 23.9 Å². The van der Waals surface area contributed by atoms with Crippen LogP contribution in [0.2, 0.25) is 0 Å². The number of hydrogen-bond acceptors (Lipinski definition) is 4. The first-order valence-corrected chi connectivity index (χ1v) is 9.04. The lowest BCUT2D eigenvalue weighted by atomic mass is 10.0. The van der Waals surface area contributed by atoms with Crippen molar-refractivity contribution in [2.45, 2.75) is 26.1 Å². The Morgan fingerprint density at radius 3 is 2.70 bits per heavy atom. The van der Waals surface area contributed by atoms with Crippen LogP contribution in [0.3, 0.4) is 0 Å². The van der Waals surface area contributed by atoms with Crippen molar-refractivity contribution in [2.75, 3.05) is 6.54 Å². The number of nitrogens with zero attached hydrogens (tertiary/aromatic N) is 2. The smallest absolute Gasteiger partial charge is 0.331 e. The predicted octanol–water partition coefficient (Wildman–Crippen LogP) is 3.72. The van der Waals surface area contributed by atoms with E-state index in [4.69, 9.17) is 0 Å². The summed E-state index contributed by atoms with van der Waals surface area (Å²) >= 11 is 1.22. The lowest BCUT2D eigenvalue weighted by Crippen LogP contribution is -2.40. The van der Waals surface area contributed by atoms with Crippen LogP contribution in [0, 0.1) is 6.92 Å². The molecule has 0 atom stereocenters. The second-order valence-corrected chi connectivity index (χ2v) is 7.44. The number of ketones is 1. The van der Waals surface area contributed by atoms with Crippen molar-refractivity contribution in [1.29, 1.82) is 0 Å². The van der Waals surface area contributed by atoms with E-state index in [1.807, 2.05) is 24.3 Å². The third kappa shape index (κ3) is 2.91. The van der Waals surface area contributed by atoms with Crippen molar-refractivity contribution in [2.24, 2.45) is 0 Å². The van der Waals surface area contributed by atoms with E-state index in [-0.39, 0.29) is 25.1 Å². The number of aromatic nitrogens is 2. The minimum Gasteiger partial charge on any atom is -0.331 e. The zero-order valence-electron chi connectivity index (χ0n) is 14.2. The SMILES string of the molecule is Cc1c(C(=O)C(=O)N2CCc3[nH]nc(C(F)(F)F)c3C2)sc2ccccc12. The number of nitrogens with one attached hydrogen (secondary N) is 1. The molecule has 4 rings (SSSR count). The van der Waals surface area contributed by atoms with E-state index >= 15 is 0 Å². The summed E-state index contributed by atoms with van der Waals surface area (Å²) in [7, 11) is 0. The Morgan fingerprint density at radius 1 is 1.26 bits per heavy atom. The Bertz CT molecular complexity index is 1070. The maximum atomic E-state index is 13.1. The Labute approximate surface area is 155 Å². The molecule has 0 saturated carbocycles. The van der Waals surface area contributed by atoms with E-state index in [0.717, 1.165) is 10.1 Å². The van der Waals surface area contributed by atoms with Gasteiger partial charge in [-0.3, -0.25) is 14.7 Å². The minimum atomic E-state index is -4.61. The number of H-pyrrole nitrogens is 1. The van der Waals surface area contributed by atoms with E-state index in [1.165, 1.54) is 16.2 Å². The summed E-state index contributed by atoms with van der Waals surface area (Å²) < 4.78 is 40.1. The highest BCUT2D eigenvalue weighted by Gasteiger charge is 2.40. The van der Waals surface area contributed by atoms with Crippen LogP contribution in [0.4, 0.5) is 13.2 Å². The molecule has 1 amide bonds. The van der Waals surface area contributed by atoms with E-state index in [2.05, 4.69) is 10.2 Å². The number of halogens is 3. The number of amides is 1.